The van der Waals surface area contributed by atoms with Gasteiger partial charge in [-0.05, 0) is 30.3 Å². The highest BCUT2D eigenvalue weighted by atomic mass is 35.5. The maximum Gasteiger partial charge on any atom is 0.270 e. The van der Waals surface area contributed by atoms with Crippen molar-refractivity contribution in [1.82, 2.24) is 15.0 Å². The molecule has 0 spiro atoms. The smallest absolute Gasteiger partial charge is 0.270 e. The molecule has 0 fully saturated rings. The first-order valence-electron chi connectivity index (χ1n) is 9.60. The third-order valence-electron chi connectivity index (χ3n) is 4.62. The predicted molar refractivity (Wildman–Crippen MR) is 123 cm³/mol. The quantitative estimate of drug-likeness (QED) is 0.239. The van der Waals surface area contributed by atoms with Crippen molar-refractivity contribution < 1.29 is 4.92 Å². The third kappa shape index (κ3) is 4.55. The van der Waals surface area contributed by atoms with Crippen molar-refractivity contribution in [2.75, 3.05) is 23.7 Å². The summed E-state index contributed by atoms with van der Waals surface area (Å²) >= 11 is 6.29. The van der Waals surface area contributed by atoms with Gasteiger partial charge in [-0.25, -0.2) is 15.0 Å². The van der Waals surface area contributed by atoms with Gasteiger partial charge >= 0.3 is 0 Å². The number of aromatic nitrogens is 3. The van der Waals surface area contributed by atoms with E-state index in [0.29, 0.717) is 41.7 Å². The van der Waals surface area contributed by atoms with Crippen LogP contribution in [0.15, 0.2) is 60.8 Å². The molecule has 4 rings (SSSR count). The highest BCUT2D eigenvalue weighted by Gasteiger charge is 2.15. The fraction of sp³-hybridized carbons (Fsp3) is 0.0909. The number of non-ortho nitro benzene ring substituents is 1. The molecule has 0 amide bonds. The van der Waals surface area contributed by atoms with Crippen LogP contribution in [-0.2, 0) is 0 Å². The molecule has 0 radical (unpaired) electrons. The first-order chi connectivity index (χ1) is 15.5. The molecule has 0 bridgehead atoms. The van der Waals surface area contributed by atoms with E-state index in [0.717, 1.165) is 10.9 Å². The Morgan fingerprint density at radius 3 is 2.59 bits per heavy atom. The van der Waals surface area contributed by atoms with Crippen LogP contribution in [0.5, 0.6) is 0 Å². The second-order valence-corrected chi connectivity index (χ2v) is 7.14. The molecule has 0 aliphatic heterocycles. The number of hydrogen-bond acceptors (Lipinski definition) is 8. The van der Waals surface area contributed by atoms with Crippen LogP contribution < -0.4 is 10.6 Å². The van der Waals surface area contributed by atoms with Gasteiger partial charge in [-0.1, -0.05) is 23.7 Å². The number of para-hydroxylation sites is 1. The van der Waals surface area contributed by atoms with E-state index in [1.807, 2.05) is 30.3 Å². The fourth-order valence-corrected chi connectivity index (χ4v) is 3.33. The molecule has 0 saturated carbocycles. The number of nitriles is 1. The lowest BCUT2D eigenvalue weighted by Crippen LogP contribution is -2.15. The van der Waals surface area contributed by atoms with Crippen molar-refractivity contribution in [1.29, 1.82) is 5.26 Å². The Hall–Kier alpha value is -4.29. The first kappa shape index (κ1) is 21.0. The predicted octanol–water partition coefficient (Wildman–Crippen LogP) is 4.65. The van der Waals surface area contributed by atoms with Crippen LogP contribution in [0.4, 0.5) is 17.3 Å². The lowest BCUT2D eigenvalue weighted by Gasteiger charge is -2.12. The van der Waals surface area contributed by atoms with Gasteiger partial charge in [-0.2, -0.15) is 5.26 Å². The summed E-state index contributed by atoms with van der Waals surface area (Å²) in [5, 5.41) is 27.3. The number of pyridine rings is 1. The molecule has 0 atom stereocenters. The summed E-state index contributed by atoms with van der Waals surface area (Å²) in [7, 11) is 0. The Balaban J connectivity index is 1.56. The lowest BCUT2D eigenvalue weighted by molar-refractivity contribution is -0.384. The number of fused-ring (bicyclic) bond motifs is 1. The van der Waals surface area contributed by atoms with E-state index < -0.39 is 4.92 Å². The normalized spacial score (nSPS) is 10.5. The number of halogens is 1. The van der Waals surface area contributed by atoms with Gasteiger partial charge in [0, 0.05) is 42.4 Å². The van der Waals surface area contributed by atoms with Crippen LogP contribution >= 0.6 is 11.6 Å². The standard InChI is InChI=1S/C22H16ClN7O2/c23-18-11-15(30(31)32)6-7-16(18)22-28-19-4-2-1-3-17(19)21(29-22)26-10-9-25-20-8-5-14(12-24)13-27-20/h1-8,11,13H,9-10H2,(H,25,27)(H,26,28,29). The number of nitro benzene ring substituents is 1. The summed E-state index contributed by atoms with van der Waals surface area (Å²) in [5.74, 6) is 1.65. The van der Waals surface area contributed by atoms with Gasteiger partial charge < -0.3 is 10.6 Å². The minimum absolute atomic E-state index is 0.0969. The van der Waals surface area contributed by atoms with Crippen LogP contribution in [0.25, 0.3) is 22.3 Å². The Morgan fingerprint density at radius 1 is 1.06 bits per heavy atom. The Labute approximate surface area is 187 Å². The molecule has 2 N–H and O–H groups in total. The van der Waals surface area contributed by atoms with E-state index in [2.05, 4.69) is 25.6 Å². The van der Waals surface area contributed by atoms with Crippen LogP contribution in [-0.4, -0.2) is 33.0 Å². The van der Waals surface area contributed by atoms with E-state index in [1.165, 1.54) is 18.3 Å². The molecule has 0 aliphatic carbocycles. The molecule has 2 aromatic carbocycles. The Bertz CT molecular complexity index is 1340. The highest BCUT2D eigenvalue weighted by Crippen LogP contribution is 2.31. The van der Waals surface area contributed by atoms with Gasteiger partial charge in [0.15, 0.2) is 5.82 Å². The van der Waals surface area contributed by atoms with Gasteiger partial charge in [-0.3, -0.25) is 10.1 Å². The zero-order valence-corrected chi connectivity index (χ0v) is 17.4. The van der Waals surface area contributed by atoms with E-state index >= 15 is 0 Å². The zero-order valence-electron chi connectivity index (χ0n) is 16.6. The third-order valence-corrected chi connectivity index (χ3v) is 4.94. The van der Waals surface area contributed by atoms with E-state index in [4.69, 9.17) is 16.9 Å². The lowest BCUT2D eigenvalue weighted by atomic mass is 10.1. The van der Waals surface area contributed by atoms with Gasteiger partial charge in [-0.15, -0.1) is 0 Å². The average molecular weight is 446 g/mol. The monoisotopic (exact) mass is 445 g/mol. The average Bonchev–Trinajstić information content (AvgIpc) is 2.81. The van der Waals surface area contributed by atoms with E-state index in [-0.39, 0.29) is 10.7 Å². The van der Waals surface area contributed by atoms with Gasteiger partial charge in [0.1, 0.15) is 17.7 Å². The summed E-state index contributed by atoms with van der Waals surface area (Å²) in [6, 6.07) is 17.2. The van der Waals surface area contributed by atoms with Gasteiger partial charge in [0.05, 0.1) is 21.0 Å². The molecule has 2 heterocycles. The van der Waals surface area contributed by atoms with Crippen molar-refractivity contribution in [3.8, 4) is 17.5 Å². The second-order valence-electron chi connectivity index (χ2n) is 6.73. The molecule has 2 aromatic heterocycles. The SMILES string of the molecule is N#Cc1ccc(NCCNc2nc(-c3ccc([N+](=O)[O-])cc3Cl)nc3ccccc23)nc1. The van der Waals surface area contributed by atoms with Crippen molar-refractivity contribution in [2.24, 2.45) is 0 Å². The number of rotatable bonds is 7. The number of nitrogens with zero attached hydrogens (tertiary/aromatic N) is 5. The maximum atomic E-state index is 11.0. The summed E-state index contributed by atoms with van der Waals surface area (Å²) < 4.78 is 0. The summed E-state index contributed by atoms with van der Waals surface area (Å²) in [5.41, 5.74) is 1.63. The van der Waals surface area contributed by atoms with Crippen molar-refractivity contribution >= 4 is 39.8 Å². The van der Waals surface area contributed by atoms with E-state index in [1.54, 1.807) is 18.2 Å². The maximum absolute atomic E-state index is 11.0. The molecular weight excluding hydrogens is 430 g/mol. The number of anilines is 2. The van der Waals surface area contributed by atoms with Crippen molar-refractivity contribution in [3.05, 3.63) is 81.5 Å². The molecule has 10 heteroatoms. The number of nitrogens with one attached hydrogen (secondary N) is 2. The van der Waals surface area contributed by atoms with Crippen molar-refractivity contribution in [2.45, 2.75) is 0 Å². The molecule has 32 heavy (non-hydrogen) atoms. The number of nitro groups is 1. The van der Waals surface area contributed by atoms with Crippen LogP contribution in [0.3, 0.4) is 0 Å². The van der Waals surface area contributed by atoms with E-state index in [9.17, 15) is 10.1 Å². The fourth-order valence-electron chi connectivity index (χ4n) is 3.07. The largest absolute Gasteiger partial charge is 0.368 e. The summed E-state index contributed by atoms with van der Waals surface area (Å²) in [4.78, 5) is 23.9. The Morgan fingerprint density at radius 2 is 1.88 bits per heavy atom. The number of hydrogen-bond donors (Lipinski definition) is 2. The minimum Gasteiger partial charge on any atom is -0.368 e. The molecule has 0 saturated heterocycles. The molecular formula is C22H16ClN7O2. The van der Waals surface area contributed by atoms with Crippen LogP contribution in [0.2, 0.25) is 5.02 Å². The van der Waals surface area contributed by atoms with Gasteiger partial charge in [0.25, 0.3) is 5.69 Å². The molecule has 0 unspecified atom stereocenters. The number of benzene rings is 2. The second kappa shape index (κ2) is 9.24. The molecule has 158 valence electrons. The minimum atomic E-state index is -0.500. The molecule has 9 nitrogen and oxygen atoms in total. The van der Waals surface area contributed by atoms with Gasteiger partial charge in [0.2, 0.25) is 0 Å². The summed E-state index contributed by atoms with van der Waals surface area (Å²) in [6.45, 7) is 1.10. The van der Waals surface area contributed by atoms with Crippen LogP contribution in [0, 0.1) is 21.4 Å². The van der Waals surface area contributed by atoms with Crippen molar-refractivity contribution in [3.63, 3.8) is 0 Å². The Kier molecular flexibility index (Phi) is 6.05. The molecule has 4 aromatic rings. The topological polar surface area (TPSA) is 130 Å². The first-order valence-corrected chi connectivity index (χ1v) is 9.98. The van der Waals surface area contributed by atoms with Crippen LogP contribution in [0.1, 0.15) is 5.56 Å². The summed E-state index contributed by atoms with van der Waals surface area (Å²) in [6.07, 6.45) is 1.51. The zero-order chi connectivity index (χ0) is 22.5. The highest BCUT2D eigenvalue weighted by molar-refractivity contribution is 6.33. The molecule has 0 aliphatic rings.